The maximum atomic E-state index is 8.33. The van der Waals surface area contributed by atoms with Gasteiger partial charge in [0, 0.05) is 34.1 Å². The van der Waals surface area contributed by atoms with Crippen molar-refractivity contribution in [2.75, 3.05) is 0 Å². The quantitative estimate of drug-likeness (QED) is 0.377. The number of carbonyl (C=O) groups excluding carboxylic acids is 3. The molecule has 0 aromatic carbocycles. The van der Waals surface area contributed by atoms with E-state index in [-0.39, 0.29) is 45.1 Å². The second kappa shape index (κ2) is 37.2. The van der Waals surface area contributed by atoms with Crippen molar-refractivity contribution in [2.45, 2.75) is 0 Å². The summed E-state index contributed by atoms with van der Waals surface area (Å²) in [6.07, 6.45) is -7.00. The van der Waals surface area contributed by atoms with Crippen molar-refractivity contribution in [2.24, 2.45) is 0 Å². The molecule has 2 radical (unpaired) electrons. The minimum atomic E-state index is -2.33. The minimum Gasteiger partial charge on any atom is -0.652 e. The number of carbonyl (C=O) groups is 3. The van der Waals surface area contributed by atoms with Crippen LogP contribution in [-0.2, 0) is 34.1 Å². The van der Waals surface area contributed by atoms with Gasteiger partial charge in [-0.3, -0.25) is 0 Å². The van der Waals surface area contributed by atoms with E-state index in [4.69, 9.17) is 45.0 Å². The molecule has 0 aromatic rings. The zero-order valence-corrected chi connectivity index (χ0v) is 8.66. The van der Waals surface area contributed by atoms with Crippen LogP contribution in [0.5, 0.6) is 0 Å². The molecule has 0 amide bonds. The minimum absolute atomic E-state index is 0. The molecule has 0 saturated heterocycles. The molecule has 0 aromatic heterocycles. The van der Waals surface area contributed by atoms with E-state index in [2.05, 4.69) is 0 Å². The third-order valence-electron chi connectivity index (χ3n) is 0. The Kier molecular flexibility index (Phi) is 108. The Morgan fingerprint density at radius 1 is 0.500 bits per heavy atom. The van der Waals surface area contributed by atoms with Gasteiger partial charge >= 0.3 is 0 Å². The van der Waals surface area contributed by atoms with Gasteiger partial charge in [-0.2, -0.15) is 0 Å². The number of hydrogen-bond donors (Lipinski definition) is 0. The second-order valence-corrected chi connectivity index (χ2v) is 0.750. The van der Waals surface area contributed by atoms with E-state index in [1.54, 1.807) is 0 Å². The van der Waals surface area contributed by atoms with Crippen molar-refractivity contribution in [1.29, 1.82) is 0 Å². The molecule has 0 rings (SSSR count). The van der Waals surface area contributed by atoms with Crippen molar-refractivity contribution >= 4 is 18.5 Å². The molecular formula is C3H4Cu2O11-6. The van der Waals surface area contributed by atoms with Crippen LogP contribution in [0.25, 0.3) is 0 Å². The topological polar surface area (TPSA) is 253 Å². The summed E-state index contributed by atoms with van der Waals surface area (Å²) in [4.78, 5) is 25.0. The fraction of sp³-hybridized carbons (Fsp3) is 0. The normalized spacial score (nSPS) is 4.50. The standard InChI is InChI=1S/3CH2O3.2Cu.2H2O/c3*2-1(3)4;;;;/h3*(H2,2,3,4);;;2*1H2/p-6. The van der Waals surface area contributed by atoms with Gasteiger partial charge in [0.2, 0.25) is 0 Å². The molecule has 0 aliphatic rings. The summed E-state index contributed by atoms with van der Waals surface area (Å²) in [5.74, 6) is 0. The van der Waals surface area contributed by atoms with Crippen molar-refractivity contribution in [3.8, 4) is 0 Å². The largest absolute Gasteiger partial charge is 0.652 e. The van der Waals surface area contributed by atoms with Crippen molar-refractivity contribution < 1.29 is 90.1 Å². The summed E-state index contributed by atoms with van der Waals surface area (Å²) in [6.45, 7) is 0. The Bertz CT molecular complexity index is 117. The summed E-state index contributed by atoms with van der Waals surface area (Å²) in [7, 11) is 0. The van der Waals surface area contributed by atoms with Crippen LogP contribution in [0.4, 0.5) is 14.4 Å². The summed E-state index contributed by atoms with van der Waals surface area (Å²) in [5.41, 5.74) is 0. The van der Waals surface area contributed by atoms with E-state index >= 15 is 0 Å². The van der Waals surface area contributed by atoms with E-state index in [1.807, 2.05) is 0 Å². The monoisotopic (exact) mass is 342 g/mol. The molecule has 4 N–H and O–H groups in total. The molecule has 0 bridgehead atoms. The molecule has 16 heavy (non-hydrogen) atoms. The molecule has 0 unspecified atom stereocenters. The predicted molar refractivity (Wildman–Crippen MR) is 23.4 cm³/mol. The first-order valence-corrected chi connectivity index (χ1v) is 1.84. The molecule has 11 nitrogen and oxygen atoms in total. The van der Waals surface area contributed by atoms with Gasteiger partial charge in [0.1, 0.15) is 0 Å². The molecule has 0 spiro atoms. The van der Waals surface area contributed by atoms with Gasteiger partial charge in [-0.15, -0.1) is 0 Å². The van der Waals surface area contributed by atoms with E-state index in [0.29, 0.717) is 0 Å². The van der Waals surface area contributed by atoms with Crippen molar-refractivity contribution in [3.63, 3.8) is 0 Å². The van der Waals surface area contributed by atoms with Gasteiger partial charge < -0.3 is 56.0 Å². The molecule has 0 atom stereocenters. The first-order chi connectivity index (χ1) is 5.20. The van der Waals surface area contributed by atoms with Crippen LogP contribution in [0.3, 0.4) is 0 Å². The summed E-state index contributed by atoms with van der Waals surface area (Å²) >= 11 is 0. The van der Waals surface area contributed by atoms with Gasteiger partial charge in [-0.25, -0.2) is 0 Å². The molecule has 110 valence electrons. The number of rotatable bonds is 0. The zero-order valence-electron chi connectivity index (χ0n) is 6.78. The number of carboxylic acid groups (broad SMARTS) is 6. The number of hydrogen-bond acceptors (Lipinski definition) is 9. The smallest absolute Gasteiger partial charge is 0 e. The van der Waals surface area contributed by atoms with E-state index in [0.717, 1.165) is 0 Å². The van der Waals surface area contributed by atoms with E-state index < -0.39 is 18.5 Å². The molecular weight excluding hydrogens is 339 g/mol. The average molecular weight is 343 g/mol. The van der Waals surface area contributed by atoms with Crippen LogP contribution < -0.4 is 30.6 Å². The Morgan fingerprint density at radius 2 is 0.500 bits per heavy atom. The van der Waals surface area contributed by atoms with Gasteiger partial charge in [0.05, 0.1) is 0 Å². The Hall–Kier alpha value is -1.23. The van der Waals surface area contributed by atoms with Crippen LogP contribution in [0.1, 0.15) is 0 Å². The van der Waals surface area contributed by atoms with Gasteiger partial charge in [0.25, 0.3) is 0 Å². The van der Waals surface area contributed by atoms with Gasteiger partial charge in [-0.05, 0) is 18.5 Å². The average Bonchev–Trinajstić information content (AvgIpc) is 1.54. The van der Waals surface area contributed by atoms with E-state index in [1.165, 1.54) is 0 Å². The van der Waals surface area contributed by atoms with Crippen LogP contribution in [0.15, 0.2) is 0 Å². The van der Waals surface area contributed by atoms with E-state index in [9.17, 15) is 0 Å². The third-order valence-corrected chi connectivity index (χ3v) is 0. The Labute approximate surface area is 109 Å². The summed E-state index contributed by atoms with van der Waals surface area (Å²) in [5, 5.41) is 50.0. The van der Waals surface area contributed by atoms with Crippen LogP contribution in [0.2, 0.25) is 0 Å². The maximum absolute atomic E-state index is 8.33. The Balaban J connectivity index is -0.0000000135. The fourth-order valence-electron chi connectivity index (χ4n) is 0. The second-order valence-electron chi connectivity index (χ2n) is 0.750. The predicted octanol–water partition coefficient (Wildman–Crippen LogP) is -9.00. The summed E-state index contributed by atoms with van der Waals surface area (Å²) in [6, 6.07) is 0. The van der Waals surface area contributed by atoms with Gasteiger partial charge in [0.15, 0.2) is 0 Å². The van der Waals surface area contributed by atoms with Crippen LogP contribution in [-0.4, -0.2) is 29.4 Å². The van der Waals surface area contributed by atoms with Crippen molar-refractivity contribution in [1.82, 2.24) is 0 Å². The summed E-state index contributed by atoms with van der Waals surface area (Å²) < 4.78 is 0. The van der Waals surface area contributed by atoms with Gasteiger partial charge in [-0.1, -0.05) is 0 Å². The first kappa shape index (κ1) is 46.4. The maximum Gasteiger partial charge on any atom is 0 e. The van der Waals surface area contributed by atoms with Crippen molar-refractivity contribution in [3.05, 3.63) is 0 Å². The Morgan fingerprint density at radius 3 is 0.500 bits per heavy atom. The molecule has 0 aliphatic carbocycles. The zero-order chi connectivity index (χ0) is 10.7. The molecule has 0 saturated carbocycles. The SMILES string of the molecule is O.O.O=C([O-])[O-].O=C([O-])[O-].O=C([O-])[O-].[Cu].[Cu]. The molecule has 0 aliphatic heterocycles. The molecule has 13 heteroatoms. The van der Waals surface area contributed by atoms with Crippen LogP contribution >= 0.6 is 0 Å². The first-order valence-electron chi connectivity index (χ1n) is 1.84. The van der Waals surface area contributed by atoms with Crippen LogP contribution in [0, 0.1) is 0 Å². The third kappa shape index (κ3) is 1170. The fourth-order valence-corrected chi connectivity index (χ4v) is 0. The molecule has 0 fully saturated rings. The molecule has 0 heterocycles.